The standard InChI is InChI=1S/C15H13NO3S/c17-12-9-5-2-1-4-8(9)11-14(13(12)18)20-15(16-11)10-6-3-7-19-10/h1-2,4-5,10,13,18H,3,6-7H2. The molecule has 1 aliphatic carbocycles. The Morgan fingerprint density at radius 2 is 2.10 bits per heavy atom. The number of rotatable bonds is 1. The van der Waals surface area contributed by atoms with Crippen molar-refractivity contribution in [1.82, 2.24) is 4.98 Å². The molecule has 1 N–H and O–H groups in total. The van der Waals surface area contributed by atoms with Gasteiger partial charge in [0, 0.05) is 17.7 Å². The van der Waals surface area contributed by atoms with Crippen LogP contribution in [0.2, 0.25) is 0 Å². The van der Waals surface area contributed by atoms with Crippen LogP contribution in [0.4, 0.5) is 0 Å². The number of Topliss-reactive ketones (excluding diaryl/α,β-unsaturated/α-hetero) is 1. The monoisotopic (exact) mass is 287 g/mol. The fourth-order valence-electron chi connectivity index (χ4n) is 2.81. The summed E-state index contributed by atoms with van der Waals surface area (Å²) in [6.45, 7) is 0.757. The molecule has 1 aliphatic heterocycles. The van der Waals surface area contributed by atoms with Gasteiger partial charge in [0.1, 0.15) is 11.1 Å². The predicted molar refractivity (Wildman–Crippen MR) is 74.8 cm³/mol. The van der Waals surface area contributed by atoms with Gasteiger partial charge in [-0.2, -0.15) is 0 Å². The minimum absolute atomic E-state index is 0.0139. The number of carbonyl (C=O) groups excluding carboxylic acids is 1. The van der Waals surface area contributed by atoms with Crippen LogP contribution in [0.25, 0.3) is 11.3 Å². The zero-order valence-corrected chi connectivity index (χ0v) is 11.5. The second-order valence-corrected chi connectivity index (χ2v) is 6.14. The van der Waals surface area contributed by atoms with Gasteiger partial charge in [0.15, 0.2) is 11.9 Å². The van der Waals surface area contributed by atoms with E-state index in [1.807, 2.05) is 18.2 Å². The summed E-state index contributed by atoms with van der Waals surface area (Å²) in [5, 5.41) is 11.1. The first kappa shape index (κ1) is 12.2. The van der Waals surface area contributed by atoms with E-state index >= 15 is 0 Å². The van der Waals surface area contributed by atoms with Crippen molar-refractivity contribution < 1.29 is 14.6 Å². The van der Waals surface area contributed by atoms with Crippen LogP contribution in [-0.2, 0) is 4.74 Å². The minimum Gasteiger partial charge on any atom is -0.379 e. The van der Waals surface area contributed by atoms with Crippen molar-refractivity contribution in [3.63, 3.8) is 0 Å². The Kier molecular flexibility index (Phi) is 2.73. The lowest BCUT2D eigenvalue weighted by Gasteiger charge is -2.18. The highest BCUT2D eigenvalue weighted by Gasteiger charge is 2.35. The molecule has 1 fully saturated rings. The summed E-state index contributed by atoms with van der Waals surface area (Å²) in [6, 6.07) is 7.33. The zero-order valence-electron chi connectivity index (χ0n) is 10.7. The van der Waals surface area contributed by atoms with E-state index in [2.05, 4.69) is 4.98 Å². The van der Waals surface area contributed by atoms with Crippen LogP contribution < -0.4 is 0 Å². The zero-order chi connectivity index (χ0) is 13.7. The Bertz CT molecular complexity index is 688. The summed E-state index contributed by atoms with van der Waals surface area (Å²) in [5.41, 5.74) is 2.11. The van der Waals surface area contributed by atoms with Crippen LogP contribution in [0.15, 0.2) is 24.3 Å². The molecule has 1 aromatic heterocycles. The Morgan fingerprint density at radius 3 is 2.85 bits per heavy atom. The van der Waals surface area contributed by atoms with Crippen LogP contribution in [0.3, 0.4) is 0 Å². The number of benzene rings is 1. The first-order valence-electron chi connectivity index (χ1n) is 6.69. The van der Waals surface area contributed by atoms with Gasteiger partial charge in [-0.1, -0.05) is 24.3 Å². The first-order chi connectivity index (χ1) is 9.75. The van der Waals surface area contributed by atoms with Gasteiger partial charge in [0.25, 0.3) is 0 Å². The molecule has 2 aromatic rings. The Morgan fingerprint density at radius 1 is 1.30 bits per heavy atom. The number of fused-ring (bicyclic) bond motifs is 3. The third-order valence-corrected chi connectivity index (χ3v) is 5.02. The van der Waals surface area contributed by atoms with Crippen molar-refractivity contribution in [2.45, 2.75) is 25.0 Å². The smallest absolute Gasteiger partial charge is 0.197 e. The van der Waals surface area contributed by atoms with Crippen molar-refractivity contribution >= 4 is 17.1 Å². The Labute approximate surface area is 120 Å². The van der Waals surface area contributed by atoms with E-state index in [9.17, 15) is 9.90 Å². The van der Waals surface area contributed by atoms with Crippen LogP contribution in [0.1, 0.15) is 45.3 Å². The molecule has 0 saturated carbocycles. The third kappa shape index (κ3) is 1.67. The van der Waals surface area contributed by atoms with Gasteiger partial charge in [-0.15, -0.1) is 11.3 Å². The molecule has 0 spiro atoms. The number of ketones is 1. The maximum atomic E-state index is 12.2. The SMILES string of the molecule is O=C1c2ccccc2-c2nc(C3CCCO3)sc2C1O. The van der Waals surface area contributed by atoms with Crippen molar-refractivity contribution in [3.05, 3.63) is 39.7 Å². The summed E-state index contributed by atoms with van der Waals surface area (Å²) in [4.78, 5) is 17.5. The summed E-state index contributed by atoms with van der Waals surface area (Å²) in [6.07, 6.45) is 0.915. The Balaban J connectivity index is 1.88. The van der Waals surface area contributed by atoms with Crippen molar-refractivity contribution in [2.75, 3.05) is 6.61 Å². The number of thiazole rings is 1. The minimum atomic E-state index is -1.09. The maximum absolute atomic E-state index is 12.2. The lowest BCUT2D eigenvalue weighted by molar-refractivity contribution is 0.0750. The number of ether oxygens (including phenoxy) is 1. The number of nitrogens with zero attached hydrogens (tertiary/aromatic N) is 1. The highest BCUT2D eigenvalue weighted by Crippen LogP contribution is 2.44. The predicted octanol–water partition coefficient (Wildman–Crippen LogP) is 2.89. The van der Waals surface area contributed by atoms with Crippen LogP contribution in [0, 0.1) is 0 Å². The number of aliphatic hydroxyl groups is 1. The molecule has 4 rings (SSSR count). The Hall–Kier alpha value is -1.56. The number of hydrogen-bond acceptors (Lipinski definition) is 5. The number of carbonyl (C=O) groups is 1. The molecule has 1 saturated heterocycles. The number of aliphatic hydroxyl groups excluding tert-OH is 1. The van der Waals surface area contributed by atoms with Gasteiger partial charge in [0.05, 0.1) is 10.6 Å². The molecule has 2 unspecified atom stereocenters. The van der Waals surface area contributed by atoms with Gasteiger partial charge >= 0.3 is 0 Å². The molecule has 2 aliphatic rings. The number of aromatic nitrogens is 1. The maximum Gasteiger partial charge on any atom is 0.197 e. The van der Waals surface area contributed by atoms with E-state index in [4.69, 9.17) is 4.74 Å². The molecule has 4 nitrogen and oxygen atoms in total. The molecular weight excluding hydrogens is 274 g/mol. The average molecular weight is 287 g/mol. The molecule has 102 valence electrons. The second kappa shape index (κ2) is 4.48. The van der Waals surface area contributed by atoms with Gasteiger partial charge in [0.2, 0.25) is 0 Å². The van der Waals surface area contributed by atoms with E-state index in [0.717, 1.165) is 35.7 Å². The molecule has 0 radical (unpaired) electrons. The molecule has 20 heavy (non-hydrogen) atoms. The topological polar surface area (TPSA) is 59.4 Å². The van der Waals surface area contributed by atoms with E-state index in [-0.39, 0.29) is 11.9 Å². The highest BCUT2D eigenvalue weighted by atomic mass is 32.1. The van der Waals surface area contributed by atoms with Gasteiger partial charge < -0.3 is 9.84 Å². The first-order valence-corrected chi connectivity index (χ1v) is 7.51. The fraction of sp³-hybridized carbons (Fsp3) is 0.333. The van der Waals surface area contributed by atoms with E-state index < -0.39 is 6.10 Å². The van der Waals surface area contributed by atoms with Crippen LogP contribution >= 0.6 is 11.3 Å². The largest absolute Gasteiger partial charge is 0.379 e. The molecule has 0 bridgehead atoms. The average Bonchev–Trinajstić information content (AvgIpc) is 3.13. The van der Waals surface area contributed by atoms with Gasteiger partial charge in [-0.25, -0.2) is 4.98 Å². The molecule has 1 aromatic carbocycles. The fourth-order valence-corrected chi connectivity index (χ4v) is 3.96. The quantitative estimate of drug-likeness (QED) is 0.876. The molecular formula is C15H13NO3S. The summed E-state index contributed by atoms with van der Waals surface area (Å²) < 4.78 is 5.65. The summed E-state index contributed by atoms with van der Waals surface area (Å²) >= 11 is 1.40. The van der Waals surface area contributed by atoms with Crippen LogP contribution in [-0.4, -0.2) is 22.5 Å². The number of hydrogen-bond donors (Lipinski definition) is 1. The lowest BCUT2D eigenvalue weighted by atomic mass is 9.91. The van der Waals surface area contributed by atoms with Crippen molar-refractivity contribution in [1.29, 1.82) is 0 Å². The second-order valence-electron chi connectivity index (χ2n) is 5.08. The summed E-state index contributed by atoms with van der Waals surface area (Å²) in [7, 11) is 0. The van der Waals surface area contributed by atoms with E-state index in [1.54, 1.807) is 6.07 Å². The van der Waals surface area contributed by atoms with Crippen molar-refractivity contribution in [3.8, 4) is 11.3 Å². The van der Waals surface area contributed by atoms with E-state index in [1.165, 1.54) is 11.3 Å². The van der Waals surface area contributed by atoms with E-state index in [0.29, 0.717) is 10.4 Å². The molecule has 2 heterocycles. The normalized spacial score (nSPS) is 24.6. The van der Waals surface area contributed by atoms with Crippen molar-refractivity contribution in [2.24, 2.45) is 0 Å². The molecule has 5 heteroatoms. The van der Waals surface area contributed by atoms with Gasteiger partial charge in [-0.05, 0) is 12.8 Å². The lowest BCUT2D eigenvalue weighted by Crippen LogP contribution is -2.17. The highest BCUT2D eigenvalue weighted by molar-refractivity contribution is 7.12. The van der Waals surface area contributed by atoms with Crippen LogP contribution in [0.5, 0.6) is 0 Å². The van der Waals surface area contributed by atoms with Gasteiger partial charge in [-0.3, -0.25) is 4.79 Å². The molecule has 2 atom stereocenters. The third-order valence-electron chi connectivity index (χ3n) is 3.82. The molecule has 0 amide bonds. The summed E-state index contributed by atoms with van der Waals surface area (Å²) in [5.74, 6) is -0.240.